The Labute approximate surface area is 125 Å². The lowest BCUT2D eigenvalue weighted by molar-refractivity contribution is -0.137. The van der Waals surface area contributed by atoms with Gasteiger partial charge in [-0.05, 0) is 35.8 Å². The first-order chi connectivity index (χ1) is 10.2. The van der Waals surface area contributed by atoms with Gasteiger partial charge in [0.25, 0.3) is 0 Å². The summed E-state index contributed by atoms with van der Waals surface area (Å²) in [5.41, 5.74) is 2.53. The first-order valence-corrected chi connectivity index (χ1v) is 7.83. The maximum atomic E-state index is 11.2. The molecule has 0 aromatic heterocycles. The fraction of sp³-hybridized carbons (Fsp3) is 0.588. The van der Waals surface area contributed by atoms with Gasteiger partial charge in [-0.15, -0.1) is 0 Å². The topological polar surface area (TPSA) is 49.8 Å². The van der Waals surface area contributed by atoms with E-state index in [0.717, 1.165) is 32.8 Å². The van der Waals surface area contributed by atoms with Gasteiger partial charge in [0.05, 0.1) is 19.6 Å². The molecule has 1 unspecified atom stereocenters. The van der Waals surface area contributed by atoms with Gasteiger partial charge < -0.3 is 9.84 Å². The van der Waals surface area contributed by atoms with E-state index in [-0.39, 0.29) is 12.3 Å². The summed E-state index contributed by atoms with van der Waals surface area (Å²) in [7, 11) is 0. The molecule has 21 heavy (non-hydrogen) atoms. The first kappa shape index (κ1) is 14.5. The van der Waals surface area contributed by atoms with E-state index in [4.69, 9.17) is 4.74 Å². The standard InChI is InChI=1S/C17H23NO3/c19-17(20)11-16(13-5-6-13)15-4-2-1-3-14(15)12-18-7-9-21-10-8-18/h1-4,13,16H,5-12H2,(H,19,20). The monoisotopic (exact) mass is 289 g/mol. The lowest BCUT2D eigenvalue weighted by atomic mass is 9.87. The molecule has 1 aromatic rings. The third kappa shape index (κ3) is 3.83. The molecular weight excluding hydrogens is 266 g/mol. The van der Waals surface area contributed by atoms with Gasteiger partial charge in [-0.3, -0.25) is 9.69 Å². The van der Waals surface area contributed by atoms with Gasteiger partial charge in [-0.1, -0.05) is 24.3 Å². The second-order valence-electron chi connectivity index (χ2n) is 6.13. The van der Waals surface area contributed by atoms with Crippen LogP contribution in [0.4, 0.5) is 0 Å². The number of hydrogen-bond acceptors (Lipinski definition) is 3. The van der Waals surface area contributed by atoms with Crippen molar-refractivity contribution in [1.82, 2.24) is 4.90 Å². The van der Waals surface area contributed by atoms with Gasteiger partial charge in [0.1, 0.15) is 0 Å². The molecule has 0 spiro atoms. The molecule has 1 saturated heterocycles. The minimum Gasteiger partial charge on any atom is -0.481 e. The average Bonchev–Trinajstić information content (AvgIpc) is 3.31. The van der Waals surface area contributed by atoms with Crippen molar-refractivity contribution < 1.29 is 14.6 Å². The molecule has 0 amide bonds. The summed E-state index contributed by atoms with van der Waals surface area (Å²) in [6, 6.07) is 8.38. The van der Waals surface area contributed by atoms with Crippen molar-refractivity contribution in [1.29, 1.82) is 0 Å². The van der Waals surface area contributed by atoms with Gasteiger partial charge >= 0.3 is 5.97 Å². The highest BCUT2D eigenvalue weighted by atomic mass is 16.5. The molecule has 1 aromatic carbocycles. The third-order valence-corrected chi connectivity index (χ3v) is 4.54. The van der Waals surface area contributed by atoms with Crippen molar-refractivity contribution in [2.45, 2.75) is 31.7 Å². The molecule has 1 aliphatic carbocycles. The average molecular weight is 289 g/mol. The quantitative estimate of drug-likeness (QED) is 0.874. The second kappa shape index (κ2) is 6.58. The number of aliphatic carboxylic acids is 1. The van der Waals surface area contributed by atoms with Gasteiger partial charge in [0.15, 0.2) is 0 Å². The first-order valence-electron chi connectivity index (χ1n) is 7.83. The second-order valence-corrected chi connectivity index (χ2v) is 6.13. The van der Waals surface area contributed by atoms with Crippen LogP contribution in [-0.2, 0) is 16.1 Å². The SMILES string of the molecule is O=C(O)CC(c1ccccc1CN1CCOCC1)C1CC1. The molecule has 0 bridgehead atoms. The van der Waals surface area contributed by atoms with Crippen LogP contribution in [-0.4, -0.2) is 42.3 Å². The van der Waals surface area contributed by atoms with Crippen molar-refractivity contribution in [3.05, 3.63) is 35.4 Å². The summed E-state index contributed by atoms with van der Waals surface area (Å²) in [4.78, 5) is 13.6. The van der Waals surface area contributed by atoms with Crippen molar-refractivity contribution in [3.63, 3.8) is 0 Å². The zero-order valence-electron chi connectivity index (χ0n) is 12.3. The number of carboxylic acids is 1. The zero-order chi connectivity index (χ0) is 14.7. The summed E-state index contributed by atoms with van der Waals surface area (Å²) in [6.07, 6.45) is 2.60. The predicted octanol–water partition coefficient (Wildman–Crippen LogP) is 2.49. The van der Waals surface area contributed by atoms with E-state index in [9.17, 15) is 9.90 Å². The molecule has 1 aliphatic heterocycles. The number of benzene rings is 1. The Balaban J connectivity index is 1.78. The zero-order valence-corrected chi connectivity index (χ0v) is 12.3. The van der Waals surface area contributed by atoms with Crippen LogP contribution >= 0.6 is 0 Å². The minimum absolute atomic E-state index is 0.180. The molecule has 1 heterocycles. The fourth-order valence-corrected chi connectivity index (χ4v) is 3.26. The highest BCUT2D eigenvalue weighted by Gasteiger charge is 2.34. The molecule has 4 nitrogen and oxygen atoms in total. The molecule has 1 saturated carbocycles. The van der Waals surface area contributed by atoms with Crippen molar-refractivity contribution in [2.24, 2.45) is 5.92 Å². The number of carboxylic acid groups (broad SMARTS) is 1. The van der Waals surface area contributed by atoms with Crippen molar-refractivity contribution >= 4 is 5.97 Å². The molecule has 2 fully saturated rings. The summed E-state index contributed by atoms with van der Waals surface area (Å²) in [5, 5.41) is 9.21. The molecular formula is C17H23NO3. The lowest BCUT2D eigenvalue weighted by Gasteiger charge is -2.28. The summed E-state index contributed by atoms with van der Waals surface area (Å²) >= 11 is 0. The normalized spacial score (nSPS) is 21.1. The Morgan fingerprint density at radius 3 is 2.67 bits per heavy atom. The van der Waals surface area contributed by atoms with E-state index in [1.165, 1.54) is 24.0 Å². The third-order valence-electron chi connectivity index (χ3n) is 4.54. The number of nitrogens with zero attached hydrogens (tertiary/aromatic N) is 1. The maximum absolute atomic E-state index is 11.2. The predicted molar refractivity (Wildman–Crippen MR) is 80.3 cm³/mol. The molecule has 114 valence electrons. The van der Waals surface area contributed by atoms with Crippen LogP contribution in [0.3, 0.4) is 0 Å². The van der Waals surface area contributed by atoms with Gasteiger partial charge in [0, 0.05) is 19.6 Å². The summed E-state index contributed by atoms with van der Waals surface area (Å²) in [6.45, 7) is 4.41. The van der Waals surface area contributed by atoms with Crippen molar-refractivity contribution in [3.8, 4) is 0 Å². The Kier molecular flexibility index (Phi) is 4.56. The van der Waals surface area contributed by atoms with E-state index in [1.54, 1.807) is 0 Å². The number of morpholine rings is 1. The minimum atomic E-state index is -0.687. The van der Waals surface area contributed by atoms with Crippen LogP contribution in [0.1, 0.15) is 36.3 Å². The Bertz CT molecular complexity index is 493. The number of ether oxygens (including phenoxy) is 1. The van der Waals surface area contributed by atoms with Gasteiger partial charge in [-0.25, -0.2) is 0 Å². The molecule has 3 rings (SSSR count). The van der Waals surface area contributed by atoms with Crippen LogP contribution < -0.4 is 0 Å². The lowest BCUT2D eigenvalue weighted by Crippen LogP contribution is -2.36. The van der Waals surface area contributed by atoms with Crippen LogP contribution in [0.5, 0.6) is 0 Å². The van der Waals surface area contributed by atoms with E-state index >= 15 is 0 Å². The molecule has 4 heteroatoms. The van der Waals surface area contributed by atoms with Crippen LogP contribution in [0.2, 0.25) is 0 Å². The number of rotatable bonds is 6. The molecule has 1 atom stereocenters. The van der Waals surface area contributed by atoms with Gasteiger partial charge in [-0.2, -0.15) is 0 Å². The van der Waals surface area contributed by atoms with E-state index in [1.807, 2.05) is 6.07 Å². The maximum Gasteiger partial charge on any atom is 0.303 e. The highest BCUT2D eigenvalue weighted by molar-refractivity contribution is 5.68. The Morgan fingerprint density at radius 1 is 1.29 bits per heavy atom. The van der Waals surface area contributed by atoms with Crippen LogP contribution in [0, 0.1) is 5.92 Å². The Hall–Kier alpha value is -1.39. The van der Waals surface area contributed by atoms with Crippen LogP contribution in [0.25, 0.3) is 0 Å². The van der Waals surface area contributed by atoms with Crippen molar-refractivity contribution in [2.75, 3.05) is 26.3 Å². The smallest absolute Gasteiger partial charge is 0.303 e. The summed E-state index contributed by atoms with van der Waals surface area (Å²) < 4.78 is 5.40. The Morgan fingerprint density at radius 2 is 2.00 bits per heavy atom. The highest BCUT2D eigenvalue weighted by Crippen LogP contribution is 2.45. The number of carbonyl (C=O) groups is 1. The van der Waals surface area contributed by atoms with E-state index in [2.05, 4.69) is 23.1 Å². The van der Waals surface area contributed by atoms with Gasteiger partial charge in [0.2, 0.25) is 0 Å². The molecule has 0 radical (unpaired) electrons. The number of hydrogen-bond donors (Lipinski definition) is 1. The molecule has 2 aliphatic rings. The largest absolute Gasteiger partial charge is 0.481 e. The van der Waals surface area contributed by atoms with E-state index < -0.39 is 5.97 Å². The van der Waals surface area contributed by atoms with Crippen LogP contribution in [0.15, 0.2) is 24.3 Å². The fourth-order valence-electron chi connectivity index (χ4n) is 3.26. The van der Waals surface area contributed by atoms with E-state index in [0.29, 0.717) is 5.92 Å². The molecule has 1 N–H and O–H groups in total. The summed E-state index contributed by atoms with van der Waals surface area (Å²) in [5.74, 6) is 0.0553.